The van der Waals surface area contributed by atoms with Gasteiger partial charge in [-0.15, -0.1) is 11.3 Å². The van der Waals surface area contributed by atoms with Crippen molar-refractivity contribution in [1.29, 1.82) is 0 Å². The molecule has 2 amide bonds. The fourth-order valence-corrected chi connectivity index (χ4v) is 7.11. The summed E-state index contributed by atoms with van der Waals surface area (Å²) in [7, 11) is -3.72. The number of hydrogen-bond donors (Lipinski definition) is 3. The number of nitrogens with zero attached hydrogens (tertiary/aromatic N) is 1. The molecule has 0 radical (unpaired) electrons. The molecule has 4 rings (SSSR count). The number of nitrogens with one attached hydrogen (secondary N) is 2. The Morgan fingerprint density at radius 1 is 1.11 bits per heavy atom. The first kappa shape index (κ1) is 27.1. The Morgan fingerprint density at radius 3 is 2.49 bits per heavy atom. The number of sulfonamides is 1. The van der Waals surface area contributed by atoms with Crippen LogP contribution in [0.4, 0.5) is 5.69 Å². The lowest BCUT2D eigenvalue weighted by Gasteiger charge is -2.23. The quantitative estimate of drug-likeness (QED) is 0.236. The van der Waals surface area contributed by atoms with Gasteiger partial charge in [-0.3, -0.25) is 9.59 Å². The monoisotopic (exact) mass is 542 g/mol. The lowest BCUT2D eigenvalue weighted by atomic mass is 10.0. The molecule has 1 atom stereocenters. The average molecular weight is 543 g/mol. The smallest absolute Gasteiger partial charge is 0.262 e. The third-order valence-electron chi connectivity index (χ3n) is 6.29. The highest BCUT2D eigenvalue weighted by Gasteiger charge is 2.38. The van der Waals surface area contributed by atoms with E-state index in [4.69, 9.17) is 5.73 Å². The second kappa shape index (κ2) is 11.6. The molecule has 198 valence electrons. The maximum Gasteiger partial charge on any atom is 0.262 e. The number of amides is 2. The van der Waals surface area contributed by atoms with E-state index in [-0.39, 0.29) is 40.9 Å². The van der Waals surface area contributed by atoms with Crippen molar-refractivity contribution < 1.29 is 18.0 Å². The molecule has 1 fully saturated rings. The number of thiophene rings is 1. The molecule has 8 nitrogen and oxygen atoms in total. The molecule has 2 aromatic carbocycles. The van der Waals surface area contributed by atoms with Gasteiger partial charge in [0, 0.05) is 23.8 Å². The molecular weight excluding hydrogens is 508 g/mol. The SMILES string of the molecule is CC(C)C[C@H](NC(=O)c1cc2ccccc2s1)C(=O)NCCCN(C1CC1)S(=O)(=O)c1ccccc1N. The molecule has 1 aliphatic carbocycles. The first-order valence-corrected chi connectivity index (χ1v) is 14.9. The number of rotatable bonds is 12. The Kier molecular flexibility index (Phi) is 8.51. The summed E-state index contributed by atoms with van der Waals surface area (Å²) in [5.74, 6) is -0.338. The van der Waals surface area contributed by atoms with Crippen LogP contribution in [0, 0.1) is 5.92 Å². The van der Waals surface area contributed by atoms with E-state index in [1.165, 1.54) is 21.7 Å². The lowest BCUT2D eigenvalue weighted by molar-refractivity contribution is -0.123. The number of nitrogens with two attached hydrogens (primary N) is 1. The first-order valence-electron chi connectivity index (χ1n) is 12.6. The zero-order chi connectivity index (χ0) is 26.6. The molecule has 37 heavy (non-hydrogen) atoms. The molecule has 10 heteroatoms. The Balaban J connectivity index is 1.35. The number of benzene rings is 2. The molecule has 0 saturated heterocycles. The van der Waals surface area contributed by atoms with Crippen molar-refractivity contribution in [3.05, 3.63) is 59.5 Å². The molecule has 0 unspecified atom stereocenters. The topological polar surface area (TPSA) is 122 Å². The van der Waals surface area contributed by atoms with Crippen molar-refractivity contribution in [3.8, 4) is 0 Å². The molecule has 4 N–H and O–H groups in total. The van der Waals surface area contributed by atoms with Gasteiger partial charge in [0.05, 0.1) is 10.6 Å². The second-order valence-electron chi connectivity index (χ2n) is 9.83. The van der Waals surface area contributed by atoms with Gasteiger partial charge in [0.1, 0.15) is 10.9 Å². The van der Waals surface area contributed by atoms with Gasteiger partial charge in [0.25, 0.3) is 5.91 Å². The second-order valence-corrected chi connectivity index (χ2v) is 12.8. The number of carbonyl (C=O) groups excluding carboxylic acids is 2. The van der Waals surface area contributed by atoms with Gasteiger partial charge in [0.15, 0.2) is 0 Å². The molecule has 0 bridgehead atoms. The standard InChI is InChI=1S/C27H34N4O4S2/c1-18(2)16-22(30-27(33)24-17-19-8-3-5-10-23(19)36-24)26(32)29-14-7-15-31(20-12-13-20)37(34,35)25-11-6-4-9-21(25)28/h3-6,8-11,17-18,20,22H,7,12-16,28H2,1-2H3,(H,29,32)(H,30,33)/t22-/m0/s1. The van der Waals surface area contributed by atoms with Crippen molar-refractivity contribution in [3.63, 3.8) is 0 Å². The van der Waals surface area contributed by atoms with Crippen LogP contribution >= 0.6 is 11.3 Å². The van der Waals surface area contributed by atoms with Gasteiger partial charge in [0.2, 0.25) is 15.9 Å². The van der Waals surface area contributed by atoms with Crippen LogP contribution in [-0.4, -0.2) is 49.7 Å². The number of para-hydroxylation sites is 1. The normalized spacial score (nSPS) is 14.7. The van der Waals surface area contributed by atoms with Crippen LogP contribution in [-0.2, 0) is 14.8 Å². The van der Waals surface area contributed by atoms with Crippen molar-refractivity contribution in [2.24, 2.45) is 5.92 Å². The van der Waals surface area contributed by atoms with Gasteiger partial charge in [-0.05, 0) is 61.3 Å². The maximum atomic E-state index is 13.2. The Hall–Kier alpha value is -2.95. The number of fused-ring (bicyclic) bond motifs is 1. The molecule has 1 saturated carbocycles. The molecule has 3 aromatic rings. The van der Waals surface area contributed by atoms with Crippen molar-refractivity contribution in [2.45, 2.75) is 56.5 Å². The van der Waals surface area contributed by atoms with Gasteiger partial charge < -0.3 is 16.4 Å². The van der Waals surface area contributed by atoms with Crippen LogP contribution in [0.15, 0.2) is 59.5 Å². The Labute approximate surface area is 222 Å². The molecule has 1 aromatic heterocycles. The predicted octanol–water partition coefficient (Wildman–Crippen LogP) is 3.99. The predicted molar refractivity (Wildman–Crippen MR) is 148 cm³/mol. The van der Waals surface area contributed by atoms with Crippen molar-refractivity contribution in [1.82, 2.24) is 14.9 Å². The van der Waals surface area contributed by atoms with Crippen molar-refractivity contribution >= 4 is 48.9 Å². The van der Waals surface area contributed by atoms with E-state index in [0.717, 1.165) is 22.9 Å². The fourth-order valence-electron chi connectivity index (χ4n) is 4.30. The van der Waals surface area contributed by atoms with Crippen LogP contribution < -0.4 is 16.4 Å². The molecule has 0 spiro atoms. The first-order chi connectivity index (χ1) is 17.7. The molecule has 1 aliphatic rings. The molecule has 1 heterocycles. The minimum atomic E-state index is -3.72. The number of carbonyl (C=O) groups is 2. The number of nitrogen functional groups attached to an aromatic ring is 1. The van der Waals surface area contributed by atoms with E-state index in [2.05, 4.69) is 10.6 Å². The summed E-state index contributed by atoms with van der Waals surface area (Å²) < 4.78 is 29.0. The minimum absolute atomic E-state index is 0.0328. The van der Waals surface area contributed by atoms with Gasteiger partial charge in [-0.2, -0.15) is 4.31 Å². The highest BCUT2D eigenvalue weighted by Crippen LogP contribution is 2.33. The van der Waals surface area contributed by atoms with E-state index in [0.29, 0.717) is 24.3 Å². The summed E-state index contributed by atoms with van der Waals surface area (Å²) in [6.45, 7) is 4.58. The van der Waals surface area contributed by atoms with E-state index in [1.807, 2.05) is 44.2 Å². The largest absolute Gasteiger partial charge is 0.398 e. The van der Waals surface area contributed by atoms with E-state index in [1.54, 1.807) is 18.2 Å². The highest BCUT2D eigenvalue weighted by molar-refractivity contribution is 7.89. The number of anilines is 1. The van der Waals surface area contributed by atoms with Crippen LogP contribution in [0.3, 0.4) is 0 Å². The summed E-state index contributed by atoms with van der Waals surface area (Å²) in [5, 5.41) is 6.78. The van der Waals surface area contributed by atoms with Crippen LogP contribution in [0.5, 0.6) is 0 Å². The summed E-state index contributed by atoms with van der Waals surface area (Å²) in [6, 6.07) is 15.4. The summed E-state index contributed by atoms with van der Waals surface area (Å²) in [5.41, 5.74) is 6.17. The van der Waals surface area contributed by atoms with Crippen LogP contribution in [0.2, 0.25) is 0 Å². The Morgan fingerprint density at radius 2 is 1.81 bits per heavy atom. The maximum absolute atomic E-state index is 13.2. The third kappa shape index (κ3) is 6.68. The molecule has 0 aliphatic heterocycles. The zero-order valence-corrected chi connectivity index (χ0v) is 22.8. The van der Waals surface area contributed by atoms with E-state index < -0.39 is 16.1 Å². The van der Waals surface area contributed by atoms with E-state index in [9.17, 15) is 18.0 Å². The third-order valence-corrected chi connectivity index (χ3v) is 9.43. The van der Waals surface area contributed by atoms with E-state index >= 15 is 0 Å². The summed E-state index contributed by atoms with van der Waals surface area (Å²) in [6.07, 6.45) is 2.59. The minimum Gasteiger partial charge on any atom is -0.398 e. The Bertz CT molecular complexity index is 1330. The van der Waals surface area contributed by atoms with Crippen LogP contribution in [0.1, 0.15) is 49.2 Å². The number of hydrogen-bond acceptors (Lipinski definition) is 6. The van der Waals surface area contributed by atoms with Crippen LogP contribution in [0.25, 0.3) is 10.1 Å². The van der Waals surface area contributed by atoms with Crippen molar-refractivity contribution in [2.75, 3.05) is 18.8 Å². The van der Waals surface area contributed by atoms with Gasteiger partial charge in [-0.1, -0.05) is 44.2 Å². The zero-order valence-electron chi connectivity index (χ0n) is 21.1. The van der Waals surface area contributed by atoms with Gasteiger partial charge >= 0.3 is 0 Å². The lowest BCUT2D eigenvalue weighted by Crippen LogP contribution is -2.47. The summed E-state index contributed by atoms with van der Waals surface area (Å²) >= 11 is 1.40. The molecular formula is C27H34N4O4S2. The fraction of sp³-hybridized carbons (Fsp3) is 0.407. The summed E-state index contributed by atoms with van der Waals surface area (Å²) in [4.78, 5) is 26.6. The highest BCUT2D eigenvalue weighted by atomic mass is 32.2. The average Bonchev–Trinajstić information content (AvgIpc) is 3.59. The van der Waals surface area contributed by atoms with Gasteiger partial charge in [-0.25, -0.2) is 8.42 Å².